The first-order valence-electron chi connectivity index (χ1n) is 7.56. The molecule has 0 bridgehead atoms. The van der Waals surface area contributed by atoms with Crippen molar-refractivity contribution in [2.45, 2.75) is 31.1 Å². The summed E-state index contributed by atoms with van der Waals surface area (Å²) in [6.45, 7) is 6.30. The van der Waals surface area contributed by atoms with Gasteiger partial charge in [-0.1, -0.05) is 32.9 Å². The molecule has 124 valence electrons. The summed E-state index contributed by atoms with van der Waals surface area (Å²) in [5, 5.41) is 2.26. The van der Waals surface area contributed by atoms with Crippen LogP contribution >= 0.6 is 0 Å². The summed E-state index contributed by atoms with van der Waals surface area (Å²) >= 11 is 0. The second-order valence-corrected chi connectivity index (χ2v) is 9.10. The van der Waals surface area contributed by atoms with Gasteiger partial charge in [0.15, 0.2) is 0 Å². The van der Waals surface area contributed by atoms with E-state index in [1.165, 1.54) is 4.31 Å². The Morgan fingerprint density at radius 2 is 1.48 bits per heavy atom. The molecule has 0 aromatic heterocycles. The van der Waals surface area contributed by atoms with Crippen molar-refractivity contribution >= 4 is 21.8 Å². The predicted octanol–water partition coefficient (Wildman–Crippen LogP) is 0.877. The van der Waals surface area contributed by atoms with E-state index in [1.54, 1.807) is 12.1 Å². The molecule has 1 N–H and O–H groups in total. The number of nitrogens with zero attached hydrogens (tertiary/aromatic N) is 1. The molecule has 7 heteroatoms. The van der Waals surface area contributed by atoms with Gasteiger partial charge in [0.25, 0.3) is 0 Å². The number of rotatable bonds is 2. The van der Waals surface area contributed by atoms with Crippen molar-refractivity contribution in [2.24, 2.45) is 11.8 Å². The Morgan fingerprint density at radius 1 is 1.00 bits per heavy atom. The summed E-state index contributed by atoms with van der Waals surface area (Å²) in [7, 11) is -3.69. The minimum Gasteiger partial charge on any atom is -0.296 e. The molecule has 23 heavy (non-hydrogen) atoms. The number of amides is 2. The van der Waals surface area contributed by atoms with E-state index < -0.39 is 21.9 Å². The van der Waals surface area contributed by atoms with Crippen LogP contribution in [0.3, 0.4) is 0 Å². The molecule has 2 aliphatic heterocycles. The van der Waals surface area contributed by atoms with E-state index in [2.05, 4.69) is 26.1 Å². The number of nitrogens with one attached hydrogen (secondary N) is 1. The molecule has 2 heterocycles. The third kappa shape index (κ3) is 2.68. The van der Waals surface area contributed by atoms with E-state index >= 15 is 0 Å². The fourth-order valence-corrected chi connectivity index (χ4v) is 4.57. The van der Waals surface area contributed by atoms with Gasteiger partial charge in [0.2, 0.25) is 21.8 Å². The number of benzene rings is 1. The molecule has 2 aliphatic rings. The van der Waals surface area contributed by atoms with Crippen molar-refractivity contribution in [3.05, 3.63) is 29.8 Å². The van der Waals surface area contributed by atoms with E-state index in [1.807, 2.05) is 12.1 Å². The lowest BCUT2D eigenvalue weighted by atomic mass is 9.87. The van der Waals surface area contributed by atoms with E-state index in [-0.39, 0.29) is 35.2 Å². The molecule has 0 spiro atoms. The monoisotopic (exact) mass is 336 g/mol. The molecule has 2 fully saturated rings. The average Bonchev–Trinajstić information content (AvgIpc) is 3.01. The van der Waals surface area contributed by atoms with Gasteiger partial charge in [-0.05, 0) is 23.1 Å². The van der Waals surface area contributed by atoms with Gasteiger partial charge < -0.3 is 0 Å². The maximum Gasteiger partial charge on any atom is 0.243 e. The largest absolute Gasteiger partial charge is 0.296 e. The molecule has 2 amide bonds. The van der Waals surface area contributed by atoms with Crippen LogP contribution in [-0.4, -0.2) is 37.6 Å². The van der Waals surface area contributed by atoms with Crippen molar-refractivity contribution in [2.75, 3.05) is 13.1 Å². The standard InChI is InChI=1S/C16H20N2O4S/c1-16(2,3)10-4-6-11(7-5-10)23(21,22)18-8-12-13(9-18)15(20)17-14(12)19/h4-7,12-13H,8-9H2,1-3H3,(H,17,19,20)/t12-,13+. The normalized spacial score (nSPS) is 25.5. The molecule has 2 saturated heterocycles. The van der Waals surface area contributed by atoms with Crippen molar-refractivity contribution in [3.63, 3.8) is 0 Å². The van der Waals surface area contributed by atoms with Gasteiger partial charge in [0.1, 0.15) is 0 Å². The van der Waals surface area contributed by atoms with Gasteiger partial charge in [0, 0.05) is 13.1 Å². The van der Waals surface area contributed by atoms with Crippen LogP contribution in [0.5, 0.6) is 0 Å². The molecule has 1 aromatic rings. The summed E-state index contributed by atoms with van der Waals surface area (Å²) in [6.07, 6.45) is 0. The van der Waals surface area contributed by atoms with Crippen molar-refractivity contribution in [3.8, 4) is 0 Å². The van der Waals surface area contributed by atoms with E-state index in [4.69, 9.17) is 0 Å². The molecule has 0 saturated carbocycles. The minimum absolute atomic E-state index is 0.0581. The number of carbonyl (C=O) groups excluding carboxylic acids is 2. The zero-order valence-corrected chi connectivity index (χ0v) is 14.2. The molecule has 0 unspecified atom stereocenters. The Hall–Kier alpha value is -1.73. The molecule has 6 nitrogen and oxygen atoms in total. The fraction of sp³-hybridized carbons (Fsp3) is 0.500. The molecule has 2 atom stereocenters. The van der Waals surface area contributed by atoms with Crippen LogP contribution in [0.25, 0.3) is 0 Å². The van der Waals surface area contributed by atoms with Crippen LogP contribution < -0.4 is 5.32 Å². The lowest BCUT2D eigenvalue weighted by Gasteiger charge is -2.21. The number of hydrogen-bond donors (Lipinski definition) is 1. The Kier molecular flexibility index (Phi) is 3.61. The summed E-state index contributed by atoms with van der Waals surface area (Å²) in [5.74, 6) is -1.88. The highest BCUT2D eigenvalue weighted by molar-refractivity contribution is 7.89. The highest BCUT2D eigenvalue weighted by Crippen LogP contribution is 2.32. The molecule has 3 rings (SSSR count). The Bertz CT molecular complexity index is 740. The average molecular weight is 336 g/mol. The molecule has 0 radical (unpaired) electrons. The second-order valence-electron chi connectivity index (χ2n) is 7.16. The van der Waals surface area contributed by atoms with Gasteiger partial charge in [-0.2, -0.15) is 4.31 Å². The highest BCUT2D eigenvalue weighted by atomic mass is 32.2. The number of hydrogen-bond acceptors (Lipinski definition) is 4. The second kappa shape index (κ2) is 5.14. The summed E-state index contributed by atoms with van der Waals surface area (Å²) in [6, 6.07) is 6.79. The quantitative estimate of drug-likeness (QED) is 0.813. The smallest absolute Gasteiger partial charge is 0.243 e. The highest BCUT2D eigenvalue weighted by Gasteiger charge is 2.50. The topological polar surface area (TPSA) is 83.6 Å². The van der Waals surface area contributed by atoms with Crippen molar-refractivity contribution < 1.29 is 18.0 Å². The molecular formula is C16H20N2O4S. The van der Waals surface area contributed by atoms with Crippen LogP contribution in [0.4, 0.5) is 0 Å². The predicted molar refractivity (Wildman–Crippen MR) is 84.0 cm³/mol. The van der Waals surface area contributed by atoms with Gasteiger partial charge in [-0.3, -0.25) is 14.9 Å². The Balaban J connectivity index is 1.86. The zero-order valence-electron chi connectivity index (χ0n) is 13.4. The van der Waals surface area contributed by atoms with Crippen molar-refractivity contribution in [1.29, 1.82) is 0 Å². The zero-order chi connectivity index (χ0) is 17.0. The maximum absolute atomic E-state index is 12.7. The van der Waals surface area contributed by atoms with E-state index in [0.29, 0.717) is 0 Å². The van der Waals surface area contributed by atoms with Gasteiger partial charge in [-0.25, -0.2) is 8.42 Å². The lowest BCUT2D eigenvalue weighted by Crippen LogP contribution is -2.35. The lowest BCUT2D eigenvalue weighted by molar-refractivity contribution is -0.126. The fourth-order valence-electron chi connectivity index (χ4n) is 3.08. The van der Waals surface area contributed by atoms with Crippen LogP contribution in [0.2, 0.25) is 0 Å². The van der Waals surface area contributed by atoms with Crippen molar-refractivity contribution in [1.82, 2.24) is 9.62 Å². The van der Waals surface area contributed by atoms with Crippen LogP contribution in [0.1, 0.15) is 26.3 Å². The summed E-state index contributed by atoms with van der Waals surface area (Å²) in [4.78, 5) is 23.5. The van der Waals surface area contributed by atoms with Gasteiger partial charge >= 0.3 is 0 Å². The summed E-state index contributed by atoms with van der Waals surface area (Å²) < 4.78 is 26.7. The maximum atomic E-state index is 12.7. The summed E-state index contributed by atoms with van der Waals surface area (Å²) in [5.41, 5.74) is 0.988. The Morgan fingerprint density at radius 3 is 1.91 bits per heavy atom. The third-order valence-corrected chi connectivity index (χ3v) is 6.41. The first-order chi connectivity index (χ1) is 10.6. The Labute approximate surface area is 135 Å². The SMILES string of the molecule is CC(C)(C)c1ccc(S(=O)(=O)N2C[C@@H]3C(=O)NC(=O)[C@@H]3C2)cc1. The number of fused-ring (bicyclic) bond motifs is 1. The number of carbonyl (C=O) groups is 2. The van der Waals surface area contributed by atoms with E-state index in [0.717, 1.165) is 5.56 Å². The van der Waals surface area contributed by atoms with Gasteiger partial charge in [0.05, 0.1) is 16.7 Å². The van der Waals surface area contributed by atoms with Crippen LogP contribution in [-0.2, 0) is 25.0 Å². The molecular weight excluding hydrogens is 316 g/mol. The first kappa shape index (κ1) is 16.1. The van der Waals surface area contributed by atoms with Crippen LogP contribution in [0.15, 0.2) is 29.2 Å². The first-order valence-corrected chi connectivity index (χ1v) is 9.00. The molecule has 0 aliphatic carbocycles. The van der Waals surface area contributed by atoms with Crippen LogP contribution in [0, 0.1) is 11.8 Å². The minimum atomic E-state index is -3.69. The number of sulfonamides is 1. The number of imide groups is 1. The van der Waals surface area contributed by atoms with E-state index in [9.17, 15) is 18.0 Å². The third-order valence-electron chi connectivity index (χ3n) is 4.56. The van der Waals surface area contributed by atoms with Gasteiger partial charge in [-0.15, -0.1) is 0 Å². The molecule has 1 aromatic carbocycles.